The molecule has 1 aliphatic heterocycles. The van der Waals surface area contributed by atoms with Crippen LogP contribution < -0.4 is 0 Å². The van der Waals surface area contributed by atoms with Crippen LogP contribution in [-0.4, -0.2) is 40.3 Å². The Morgan fingerprint density at radius 3 is 1.86 bits per heavy atom. The van der Waals surface area contributed by atoms with E-state index in [0.29, 0.717) is 24.5 Å². The molecule has 0 N–H and O–H groups in total. The lowest BCUT2D eigenvalue weighted by molar-refractivity contribution is -0.116. The zero-order valence-corrected chi connectivity index (χ0v) is 16.4. The van der Waals surface area contributed by atoms with Crippen molar-refractivity contribution < 1.29 is 9.59 Å². The second-order valence-corrected chi connectivity index (χ2v) is 7.23. The van der Waals surface area contributed by atoms with Crippen LogP contribution in [0.2, 0.25) is 0 Å². The Balaban J connectivity index is 1.75. The maximum Gasteiger partial charge on any atom is 0.243 e. The second kappa shape index (κ2) is 8.27. The normalized spacial score (nSPS) is 17.7. The molecule has 1 amide bonds. The molecule has 5 nitrogen and oxygen atoms in total. The van der Waals surface area contributed by atoms with Crippen molar-refractivity contribution in [3.63, 3.8) is 0 Å². The number of carbonyl (C=O) groups excluding carboxylic acids is 2. The Kier molecular flexibility index (Phi) is 5.38. The molecule has 0 saturated heterocycles. The van der Waals surface area contributed by atoms with Gasteiger partial charge >= 0.3 is 0 Å². The average molecular weight is 385 g/mol. The van der Waals surface area contributed by atoms with Crippen LogP contribution in [0.3, 0.4) is 0 Å². The molecule has 0 saturated carbocycles. The number of hydrogen-bond donors (Lipinski definition) is 0. The third-order valence-electron chi connectivity index (χ3n) is 5.08. The highest BCUT2D eigenvalue weighted by Crippen LogP contribution is 2.29. The van der Waals surface area contributed by atoms with Gasteiger partial charge in [0.15, 0.2) is 0 Å². The van der Waals surface area contributed by atoms with Crippen molar-refractivity contribution in [2.75, 3.05) is 13.1 Å². The van der Waals surface area contributed by atoms with E-state index >= 15 is 0 Å². The van der Waals surface area contributed by atoms with Gasteiger partial charge in [0.05, 0.1) is 11.4 Å². The van der Waals surface area contributed by atoms with Crippen molar-refractivity contribution in [2.45, 2.75) is 20.0 Å². The zero-order valence-electron chi connectivity index (χ0n) is 16.4. The molecule has 5 heteroatoms. The number of amides is 1. The third kappa shape index (κ3) is 4.19. The first kappa shape index (κ1) is 18.9. The topological polar surface area (TPSA) is 53.0 Å². The van der Waals surface area contributed by atoms with Crippen LogP contribution in [0.15, 0.2) is 89.2 Å². The van der Waals surface area contributed by atoms with Gasteiger partial charge in [0.2, 0.25) is 11.7 Å². The van der Waals surface area contributed by atoms with Gasteiger partial charge in [-0.05, 0) is 23.3 Å². The summed E-state index contributed by atoms with van der Waals surface area (Å²) in [6, 6.07) is 20.2. The summed E-state index contributed by atoms with van der Waals surface area (Å²) >= 11 is 0. The summed E-state index contributed by atoms with van der Waals surface area (Å²) in [6.07, 6.45) is 3.18. The van der Waals surface area contributed by atoms with Gasteiger partial charge in [-0.3, -0.25) is 9.59 Å². The molecule has 2 aromatic rings. The van der Waals surface area contributed by atoms with Gasteiger partial charge in [-0.15, -0.1) is 0 Å². The molecule has 0 spiro atoms. The van der Waals surface area contributed by atoms with Gasteiger partial charge in [0.25, 0.3) is 0 Å². The minimum atomic E-state index is -0.273. The lowest BCUT2D eigenvalue weighted by Crippen LogP contribution is -2.46. The molecule has 0 bridgehead atoms. The van der Waals surface area contributed by atoms with Crippen LogP contribution in [0.25, 0.3) is 0 Å². The van der Waals surface area contributed by atoms with Gasteiger partial charge in [-0.25, -0.2) is 4.99 Å². The Bertz CT molecular complexity index is 1010. The summed E-state index contributed by atoms with van der Waals surface area (Å²) < 4.78 is 0. The summed E-state index contributed by atoms with van der Waals surface area (Å²) in [7, 11) is 0. The summed E-state index contributed by atoms with van der Waals surface area (Å²) in [5.74, 6) is -0.318. The molecule has 2 aliphatic rings. The molecule has 1 heterocycles. The first-order valence-electron chi connectivity index (χ1n) is 9.76. The van der Waals surface area contributed by atoms with E-state index in [1.165, 1.54) is 13.0 Å². The second-order valence-electron chi connectivity index (χ2n) is 7.23. The Hall–Kier alpha value is -3.47. The Morgan fingerprint density at radius 2 is 1.34 bits per heavy atom. The number of benzene rings is 2. The molecule has 0 aromatic heterocycles. The average Bonchev–Trinajstić information content (AvgIpc) is 2.72. The van der Waals surface area contributed by atoms with Gasteiger partial charge < -0.3 is 9.80 Å². The van der Waals surface area contributed by atoms with Crippen molar-refractivity contribution >= 4 is 17.4 Å². The first-order valence-corrected chi connectivity index (χ1v) is 9.76. The van der Waals surface area contributed by atoms with Gasteiger partial charge in [0.1, 0.15) is 5.70 Å². The number of hydrogen-bond acceptors (Lipinski definition) is 4. The van der Waals surface area contributed by atoms with Crippen molar-refractivity contribution in [3.05, 3.63) is 95.3 Å². The highest BCUT2D eigenvalue weighted by molar-refractivity contribution is 6.23. The highest BCUT2D eigenvalue weighted by Gasteiger charge is 2.34. The van der Waals surface area contributed by atoms with E-state index in [9.17, 15) is 9.59 Å². The maximum absolute atomic E-state index is 12.9. The number of ketones is 1. The molecule has 146 valence electrons. The van der Waals surface area contributed by atoms with Crippen molar-refractivity contribution in [1.82, 2.24) is 9.80 Å². The predicted octanol–water partition coefficient (Wildman–Crippen LogP) is 3.34. The third-order valence-corrected chi connectivity index (χ3v) is 5.08. The molecule has 29 heavy (non-hydrogen) atoms. The lowest BCUT2D eigenvalue weighted by atomic mass is 9.98. The van der Waals surface area contributed by atoms with Gasteiger partial charge in [-0.2, -0.15) is 0 Å². The Labute approximate surface area is 170 Å². The largest absolute Gasteiger partial charge is 0.362 e. The van der Waals surface area contributed by atoms with E-state index in [2.05, 4.69) is 39.1 Å². The van der Waals surface area contributed by atoms with Crippen LogP contribution >= 0.6 is 0 Å². The van der Waals surface area contributed by atoms with E-state index in [1.54, 1.807) is 6.08 Å². The van der Waals surface area contributed by atoms with E-state index < -0.39 is 0 Å². The van der Waals surface area contributed by atoms with E-state index in [0.717, 1.165) is 29.9 Å². The molecule has 1 aliphatic carbocycles. The highest BCUT2D eigenvalue weighted by atomic mass is 16.1. The van der Waals surface area contributed by atoms with Gasteiger partial charge in [0, 0.05) is 33.1 Å². The SMILES string of the molecule is CC(=O)N=C1C=CC(=O)C2=C1N(Cc1ccccc1)CCN2Cc1ccccc1. The monoisotopic (exact) mass is 385 g/mol. The molecule has 0 radical (unpaired) electrons. The van der Waals surface area contributed by atoms with Crippen LogP contribution in [0, 0.1) is 0 Å². The fraction of sp³-hybridized carbons (Fsp3) is 0.208. The molecular formula is C24H23N3O2. The first-order chi connectivity index (χ1) is 14.1. The van der Waals surface area contributed by atoms with Gasteiger partial charge in [-0.1, -0.05) is 60.7 Å². The molecule has 0 fully saturated rings. The number of rotatable bonds is 4. The quantitative estimate of drug-likeness (QED) is 0.758. The fourth-order valence-electron chi connectivity index (χ4n) is 3.82. The smallest absolute Gasteiger partial charge is 0.243 e. The predicted molar refractivity (Wildman–Crippen MR) is 113 cm³/mol. The van der Waals surface area contributed by atoms with E-state index in [4.69, 9.17) is 0 Å². The Morgan fingerprint density at radius 1 is 0.828 bits per heavy atom. The minimum Gasteiger partial charge on any atom is -0.362 e. The van der Waals surface area contributed by atoms with Crippen LogP contribution in [-0.2, 0) is 22.7 Å². The van der Waals surface area contributed by atoms with Crippen LogP contribution in [0.4, 0.5) is 0 Å². The van der Waals surface area contributed by atoms with E-state index in [-0.39, 0.29) is 11.7 Å². The fourth-order valence-corrected chi connectivity index (χ4v) is 3.82. The summed E-state index contributed by atoms with van der Waals surface area (Å²) in [6.45, 7) is 4.22. The maximum atomic E-state index is 12.9. The molecule has 4 rings (SSSR count). The lowest BCUT2D eigenvalue weighted by Gasteiger charge is -2.41. The number of allylic oxidation sites excluding steroid dienone is 2. The molecular weight excluding hydrogens is 362 g/mol. The molecule has 2 aromatic carbocycles. The summed E-state index contributed by atoms with van der Waals surface area (Å²) in [4.78, 5) is 33.1. The number of carbonyl (C=O) groups is 2. The number of aliphatic imine (C=N–C) groups is 1. The molecule has 0 atom stereocenters. The minimum absolute atomic E-state index is 0.0452. The molecule has 0 unspecified atom stereocenters. The van der Waals surface area contributed by atoms with Crippen LogP contribution in [0.5, 0.6) is 0 Å². The van der Waals surface area contributed by atoms with E-state index in [1.807, 2.05) is 36.4 Å². The van der Waals surface area contributed by atoms with Crippen molar-refractivity contribution in [1.29, 1.82) is 0 Å². The van der Waals surface area contributed by atoms with Crippen molar-refractivity contribution in [2.24, 2.45) is 4.99 Å². The standard InChI is InChI=1S/C24H23N3O2/c1-18(28)25-21-12-13-22(29)24-23(21)26(16-19-8-4-2-5-9-19)14-15-27(24)17-20-10-6-3-7-11-20/h2-13H,14-17H2,1H3. The zero-order chi connectivity index (χ0) is 20.2. The van der Waals surface area contributed by atoms with Crippen LogP contribution in [0.1, 0.15) is 18.1 Å². The summed E-state index contributed by atoms with van der Waals surface area (Å²) in [5, 5.41) is 0. The van der Waals surface area contributed by atoms with Crippen molar-refractivity contribution in [3.8, 4) is 0 Å². The number of nitrogens with zero attached hydrogens (tertiary/aromatic N) is 3. The summed E-state index contributed by atoms with van der Waals surface area (Å²) in [5.41, 5.74) is 4.22.